The van der Waals surface area contributed by atoms with Crippen LogP contribution in [0.4, 0.5) is 10.5 Å². The van der Waals surface area contributed by atoms with Gasteiger partial charge in [-0.15, -0.1) is 11.8 Å². The van der Waals surface area contributed by atoms with Gasteiger partial charge in [0.05, 0.1) is 18.7 Å². The molecule has 1 heterocycles. The number of rotatable bonds is 9. The molecule has 0 aliphatic carbocycles. The highest BCUT2D eigenvalue weighted by Crippen LogP contribution is 2.25. The van der Waals surface area contributed by atoms with Gasteiger partial charge in [-0.2, -0.15) is 0 Å². The molecule has 0 spiro atoms. The summed E-state index contributed by atoms with van der Waals surface area (Å²) in [6.45, 7) is 0.716. The molecule has 0 aliphatic heterocycles. The number of nitrogens with one attached hydrogen (secondary N) is 2. The number of amides is 2. The number of methoxy groups -OCH3 is 1. The van der Waals surface area contributed by atoms with Gasteiger partial charge in [0.15, 0.2) is 11.5 Å². The lowest BCUT2D eigenvalue weighted by molar-refractivity contribution is 0.246. The number of ether oxygens (including phenoxy) is 2. The van der Waals surface area contributed by atoms with E-state index < -0.39 is 0 Å². The molecule has 7 heteroatoms. The Morgan fingerprint density at radius 2 is 1.86 bits per heavy atom. The second kappa shape index (κ2) is 11.0. The van der Waals surface area contributed by atoms with Gasteiger partial charge in [-0.05, 0) is 42.0 Å². The maximum Gasteiger partial charge on any atom is 0.319 e. The summed E-state index contributed by atoms with van der Waals surface area (Å²) in [6, 6.07) is 20.7. The van der Waals surface area contributed by atoms with E-state index in [0.29, 0.717) is 24.7 Å². The molecule has 0 bridgehead atoms. The molecule has 150 valence electrons. The third-order valence-electron chi connectivity index (χ3n) is 3.92. The number of carbonyl (C=O) groups excluding carboxylic acids is 1. The maximum absolute atomic E-state index is 12.1. The van der Waals surface area contributed by atoms with E-state index in [1.54, 1.807) is 25.1 Å². The average molecular weight is 410 g/mol. The predicted octanol–water partition coefficient (Wildman–Crippen LogP) is 4.58. The van der Waals surface area contributed by atoms with Crippen LogP contribution in [-0.4, -0.2) is 31.3 Å². The monoisotopic (exact) mass is 409 g/mol. The Balaban J connectivity index is 1.42. The number of aromatic nitrogens is 1. The van der Waals surface area contributed by atoms with E-state index in [1.807, 2.05) is 66.7 Å². The van der Waals surface area contributed by atoms with E-state index >= 15 is 0 Å². The largest absolute Gasteiger partial charge is 0.493 e. The van der Waals surface area contributed by atoms with Gasteiger partial charge >= 0.3 is 6.03 Å². The second-order valence-corrected chi connectivity index (χ2v) is 7.03. The average Bonchev–Trinajstić information content (AvgIpc) is 2.76. The minimum absolute atomic E-state index is 0.275. The molecule has 2 amide bonds. The lowest BCUT2D eigenvalue weighted by Gasteiger charge is -2.11. The molecule has 3 rings (SSSR count). The van der Waals surface area contributed by atoms with Crippen molar-refractivity contribution in [3.05, 3.63) is 78.5 Å². The van der Waals surface area contributed by atoms with Gasteiger partial charge in [-0.3, -0.25) is 0 Å². The molecule has 2 N–H and O–H groups in total. The first-order valence-corrected chi connectivity index (χ1v) is 10.2. The van der Waals surface area contributed by atoms with E-state index in [-0.39, 0.29) is 6.03 Å². The van der Waals surface area contributed by atoms with Crippen LogP contribution < -0.4 is 20.1 Å². The number of pyridine rings is 1. The normalized spacial score (nSPS) is 10.2. The molecule has 0 unspecified atom stereocenters. The molecule has 0 saturated heterocycles. The van der Waals surface area contributed by atoms with Gasteiger partial charge in [0.2, 0.25) is 0 Å². The molecule has 1 aromatic heterocycles. The van der Waals surface area contributed by atoms with Crippen molar-refractivity contribution < 1.29 is 14.3 Å². The summed E-state index contributed by atoms with van der Waals surface area (Å²) in [6.07, 6.45) is 1.78. The molecule has 0 atom stereocenters. The number of carbonyl (C=O) groups is 1. The summed E-state index contributed by atoms with van der Waals surface area (Å²) in [5, 5.41) is 6.60. The quantitative estimate of drug-likeness (QED) is 0.400. The molecule has 0 radical (unpaired) electrons. The first-order chi connectivity index (χ1) is 14.2. The number of urea groups is 1. The van der Waals surface area contributed by atoms with E-state index in [9.17, 15) is 4.79 Å². The Morgan fingerprint density at radius 3 is 2.66 bits per heavy atom. The third-order valence-corrected chi connectivity index (χ3v) is 4.94. The SMILES string of the molecule is COc1ccccc1OCCNC(=O)Nc1cccc(CSc2ccccn2)c1. The zero-order valence-electron chi connectivity index (χ0n) is 16.1. The van der Waals surface area contributed by atoms with Crippen LogP contribution in [0.25, 0.3) is 0 Å². The van der Waals surface area contributed by atoms with E-state index in [0.717, 1.165) is 22.0 Å². The van der Waals surface area contributed by atoms with Crippen molar-refractivity contribution in [3.63, 3.8) is 0 Å². The molecular formula is C22H23N3O3S. The Bertz CT molecular complexity index is 922. The number of nitrogens with zero attached hydrogens (tertiary/aromatic N) is 1. The first-order valence-electron chi connectivity index (χ1n) is 9.18. The topological polar surface area (TPSA) is 72.5 Å². The highest BCUT2D eigenvalue weighted by molar-refractivity contribution is 7.98. The summed E-state index contributed by atoms with van der Waals surface area (Å²) >= 11 is 1.65. The van der Waals surface area contributed by atoms with Crippen LogP contribution in [0.2, 0.25) is 0 Å². The van der Waals surface area contributed by atoms with Crippen molar-refractivity contribution >= 4 is 23.5 Å². The van der Waals surface area contributed by atoms with Gasteiger partial charge in [-0.25, -0.2) is 9.78 Å². The lowest BCUT2D eigenvalue weighted by atomic mass is 10.2. The van der Waals surface area contributed by atoms with Crippen molar-refractivity contribution in [1.29, 1.82) is 0 Å². The van der Waals surface area contributed by atoms with Gasteiger partial charge in [0.25, 0.3) is 0 Å². The molecule has 2 aromatic carbocycles. The van der Waals surface area contributed by atoms with Crippen LogP contribution in [0.1, 0.15) is 5.56 Å². The second-order valence-electron chi connectivity index (χ2n) is 6.04. The maximum atomic E-state index is 12.1. The van der Waals surface area contributed by atoms with Crippen molar-refractivity contribution in [1.82, 2.24) is 10.3 Å². The smallest absolute Gasteiger partial charge is 0.319 e. The number of para-hydroxylation sites is 2. The van der Waals surface area contributed by atoms with Crippen molar-refractivity contribution in [3.8, 4) is 11.5 Å². The minimum atomic E-state index is -0.275. The van der Waals surface area contributed by atoms with Gasteiger partial charge < -0.3 is 20.1 Å². The Labute approximate surface area is 174 Å². The van der Waals surface area contributed by atoms with Gasteiger partial charge in [0, 0.05) is 17.6 Å². The van der Waals surface area contributed by atoms with Gasteiger partial charge in [-0.1, -0.05) is 30.3 Å². The predicted molar refractivity (Wildman–Crippen MR) is 116 cm³/mol. The van der Waals surface area contributed by atoms with E-state index in [1.165, 1.54) is 0 Å². The molecule has 29 heavy (non-hydrogen) atoms. The van der Waals surface area contributed by atoms with Crippen LogP contribution in [0, 0.1) is 0 Å². The summed E-state index contributed by atoms with van der Waals surface area (Å²) in [5.41, 5.74) is 1.85. The van der Waals surface area contributed by atoms with Crippen LogP contribution in [0.5, 0.6) is 11.5 Å². The molecule has 0 fully saturated rings. The third kappa shape index (κ3) is 6.73. The fourth-order valence-electron chi connectivity index (χ4n) is 2.57. The number of thioether (sulfide) groups is 1. The lowest BCUT2D eigenvalue weighted by Crippen LogP contribution is -2.32. The van der Waals surface area contributed by atoms with E-state index in [4.69, 9.17) is 9.47 Å². The molecule has 0 aliphatic rings. The highest BCUT2D eigenvalue weighted by Gasteiger charge is 2.05. The Hall–Kier alpha value is -3.19. The first kappa shape index (κ1) is 20.5. The molecular weight excluding hydrogens is 386 g/mol. The van der Waals surface area contributed by atoms with Crippen molar-refractivity contribution in [2.24, 2.45) is 0 Å². The molecule has 3 aromatic rings. The summed E-state index contributed by atoms with van der Waals surface area (Å²) in [5.74, 6) is 2.09. The van der Waals surface area contributed by atoms with E-state index in [2.05, 4.69) is 15.6 Å². The Kier molecular flexibility index (Phi) is 7.77. The molecule has 6 nitrogen and oxygen atoms in total. The zero-order valence-corrected chi connectivity index (χ0v) is 16.9. The standard InChI is InChI=1S/C22H23N3O3S/c1-27-19-9-2-3-10-20(19)28-14-13-24-22(26)25-18-8-6-7-17(15-18)16-29-21-11-4-5-12-23-21/h2-12,15H,13-14,16H2,1H3,(H2,24,25,26). The summed E-state index contributed by atoms with van der Waals surface area (Å²) in [4.78, 5) is 16.4. The fraction of sp³-hybridized carbons (Fsp3) is 0.182. The van der Waals surface area contributed by atoms with Crippen LogP contribution in [0.3, 0.4) is 0 Å². The summed E-state index contributed by atoms with van der Waals surface area (Å²) in [7, 11) is 1.59. The minimum Gasteiger partial charge on any atom is -0.493 e. The molecule has 0 saturated carbocycles. The van der Waals surface area contributed by atoms with Crippen molar-refractivity contribution in [2.75, 3.05) is 25.6 Å². The Morgan fingerprint density at radius 1 is 1.03 bits per heavy atom. The number of anilines is 1. The fourth-order valence-corrected chi connectivity index (χ4v) is 3.37. The number of hydrogen-bond acceptors (Lipinski definition) is 5. The highest BCUT2D eigenvalue weighted by atomic mass is 32.2. The summed E-state index contributed by atoms with van der Waals surface area (Å²) < 4.78 is 10.9. The van der Waals surface area contributed by atoms with Crippen LogP contribution >= 0.6 is 11.8 Å². The van der Waals surface area contributed by atoms with Crippen LogP contribution in [0.15, 0.2) is 78.0 Å². The van der Waals surface area contributed by atoms with Crippen molar-refractivity contribution in [2.45, 2.75) is 10.8 Å². The number of hydrogen-bond donors (Lipinski definition) is 2. The van der Waals surface area contributed by atoms with Crippen LogP contribution in [-0.2, 0) is 5.75 Å². The van der Waals surface area contributed by atoms with Gasteiger partial charge in [0.1, 0.15) is 6.61 Å². The zero-order chi connectivity index (χ0) is 20.3. The number of benzene rings is 2.